The van der Waals surface area contributed by atoms with E-state index in [-0.39, 0.29) is 11.4 Å². The lowest BCUT2D eigenvalue weighted by molar-refractivity contribution is 0.581. The van der Waals surface area contributed by atoms with E-state index in [1.165, 1.54) is 0 Å². The number of nitrogens with one attached hydrogen (secondary N) is 1. The van der Waals surface area contributed by atoms with Crippen molar-refractivity contribution in [1.82, 2.24) is 4.72 Å². The third-order valence-electron chi connectivity index (χ3n) is 3.62. The SMILES string of the molecule is Cc1ccc(Cl)cc1CNS(=O)(=O)c1ccc(C(C)C)cc1. The van der Waals surface area contributed by atoms with Gasteiger partial charge < -0.3 is 0 Å². The molecule has 5 heteroatoms. The number of aryl methyl sites for hydroxylation is 1. The summed E-state index contributed by atoms with van der Waals surface area (Å²) in [5, 5.41) is 0.598. The molecule has 0 aliphatic rings. The maximum atomic E-state index is 12.3. The van der Waals surface area contributed by atoms with Gasteiger partial charge in [0, 0.05) is 11.6 Å². The fraction of sp³-hybridized carbons (Fsp3) is 0.294. The highest BCUT2D eigenvalue weighted by Crippen LogP contribution is 2.19. The Morgan fingerprint density at radius 1 is 1.09 bits per heavy atom. The summed E-state index contributed by atoms with van der Waals surface area (Å²) in [5.74, 6) is 0.374. The lowest BCUT2D eigenvalue weighted by atomic mass is 10.0. The second-order valence-corrected chi connectivity index (χ2v) is 7.82. The first-order valence-corrected chi connectivity index (χ1v) is 9.00. The molecule has 0 spiro atoms. The summed E-state index contributed by atoms with van der Waals surface area (Å²) in [5.41, 5.74) is 2.99. The fourth-order valence-corrected chi connectivity index (χ4v) is 3.32. The van der Waals surface area contributed by atoms with Crippen LogP contribution in [0.4, 0.5) is 0 Å². The van der Waals surface area contributed by atoms with Gasteiger partial charge in [0.05, 0.1) is 4.90 Å². The van der Waals surface area contributed by atoms with E-state index in [4.69, 9.17) is 11.6 Å². The first-order valence-electron chi connectivity index (χ1n) is 7.14. The molecular weight excluding hydrogens is 318 g/mol. The van der Waals surface area contributed by atoms with Crippen molar-refractivity contribution in [1.29, 1.82) is 0 Å². The van der Waals surface area contributed by atoms with Crippen molar-refractivity contribution < 1.29 is 8.42 Å². The molecule has 2 aromatic carbocycles. The molecule has 0 fully saturated rings. The van der Waals surface area contributed by atoms with Crippen LogP contribution in [0.3, 0.4) is 0 Å². The molecule has 0 amide bonds. The van der Waals surface area contributed by atoms with Gasteiger partial charge in [0.1, 0.15) is 0 Å². The number of hydrogen-bond acceptors (Lipinski definition) is 2. The van der Waals surface area contributed by atoms with Gasteiger partial charge in [-0.15, -0.1) is 0 Å². The minimum absolute atomic E-state index is 0.223. The number of benzene rings is 2. The molecule has 0 radical (unpaired) electrons. The van der Waals surface area contributed by atoms with Crippen molar-refractivity contribution >= 4 is 21.6 Å². The van der Waals surface area contributed by atoms with Crippen molar-refractivity contribution in [3.05, 3.63) is 64.2 Å². The van der Waals surface area contributed by atoms with Gasteiger partial charge in [0.15, 0.2) is 0 Å². The fourth-order valence-electron chi connectivity index (χ4n) is 2.12. The van der Waals surface area contributed by atoms with Crippen LogP contribution >= 0.6 is 11.6 Å². The molecule has 118 valence electrons. The molecule has 0 unspecified atom stereocenters. The van der Waals surface area contributed by atoms with Crippen molar-refractivity contribution in [3.63, 3.8) is 0 Å². The number of hydrogen-bond donors (Lipinski definition) is 1. The molecule has 0 aliphatic carbocycles. The summed E-state index contributed by atoms with van der Waals surface area (Å²) in [4.78, 5) is 0.275. The third kappa shape index (κ3) is 4.09. The number of sulfonamides is 1. The van der Waals surface area contributed by atoms with Crippen LogP contribution in [0.5, 0.6) is 0 Å². The summed E-state index contributed by atoms with van der Waals surface area (Å²) < 4.78 is 27.3. The highest BCUT2D eigenvalue weighted by Gasteiger charge is 2.14. The molecule has 0 saturated carbocycles. The average molecular weight is 338 g/mol. The van der Waals surface area contributed by atoms with E-state index < -0.39 is 10.0 Å². The van der Waals surface area contributed by atoms with E-state index in [0.717, 1.165) is 16.7 Å². The first kappa shape index (κ1) is 17.0. The van der Waals surface area contributed by atoms with Crippen molar-refractivity contribution in [2.24, 2.45) is 0 Å². The Balaban J connectivity index is 2.15. The van der Waals surface area contributed by atoms with Crippen molar-refractivity contribution in [2.45, 2.75) is 38.1 Å². The quantitative estimate of drug-likeness (QED) is 0.886. The molecule has 0 aromatic heterocycles. The standard InChI is InChI=1S/C17H20ClNO2S/c1-12(2)14-5-8-17(9-6-14)22(20,21)19-11-15-10-16(18)7-4-13(15)3/h4-10,12,19H,11H2,1-3H3. The monoisotopic (exact) mass is 337 g/mol. The van der Waals surface area contributed by atoms with Gasteiger partial charge in [-0.1, -0.05) is 43.6 Å². The Morgan fingerprint density at radius 2 is 1.73 bits per heavy atom. The Kier molecular flexibility index (Phi) is 5.27. The lowest BCUT2D eigenvalue weighted by Crippen LogP contribution is -2.23. The Bertz CT molecular complexity index is 753. The zero-order chi connectivity index (χ0) is 16.3. The molecule has 0 saturated heterocycles. The molecule has 2 rings (SSSR count). The zero-order valence-corrected chi connectivity index (χ0v) is 14.5. The van der Waals surface area contributed by atoms with Crippen LogP contribution in [-0.2, 0) is 16.6 Å². The summed E-state index contributed by atoms with van der Waals surface area (Å²) in [7, 11) is -3.52. The van der Waals surface area contributed by atoms with E-state index in [2.05, 4.69) is 18.6 Å². The summed E-state index contributed by atoms with van der Waals surface area (Å²) >= 11 is 5.95. The predicted molar refractivity (Wildman–Crippen MR) is 90.7 cm³/mol. The van der Waals surface area contributed by atoms with Gasteiger partial charge in [0.2, 0.25) is 10.0 Å². The normalized spacial score (nSPS) is 11.9. The molecular formula is C17H20ClNO2S. The van der Waals surface area contributed by atoms with E-state index in [9.17, 15) is 8.42 Å². The second-order valence-electron chi connectivity index (χ2n) is 5.62. The topological polar surface area (TPSA) is 46.2 Å². The van der Waals surface area contributed by atoms with Gasteiger partial charge >= 0.3 is 0 Å². The van der Waals surface area contributed by atoms with Gasteiger partial charge in [0.25, 0.3) is 0 Å². The van der Waals surface area contributed by atoms with Gasteiger partial charge in [-0.05, 0) is 53.8 Å². The number of rotatable bonds is 5. The van der Waals surface area contributed by atoms with E-state index in [0.29, 0.717) is 10.9 Å². The average Bonchev–Trinajstić information content (AvgIpc) is 2.48. The first-order chi connectivity index (χ1) is 10.3. The molecule has 22 heavy (non-hydrogen) atoms. The van der Waals surface area contributed by atoms with Crippen LogP contribution in [-0.4, -0.2) is 8.42 Å². The molecule has 0 bridgehead atoms. The van der Waals surface area contributed by atoms with E-state index >= 15 is 0 Å². The number of halogens is 1. The van der Waals surface area contributed by atoms with Gasteiger partial charge in [-0.3, -0.25) is 0 Å². The predicted octanol–water partition coefficient (Wildman–Crippen LogP) is 4.25. The Hall–Kier alpha value is -1.36. The second kappa shape index (κ2) is 6.82. The van der Waals surface area contributed by atoms with Crippen molar-refractivity contribution in [2.75, 3.05) is 0 Å². The van der Waals surface area contributed by atoms with E-state index in [1.807, 2.05) is 25.1 Å². The molecule has 1 N–H and O–H groups in total. The minimum Gasteiger partial charge on any atom is -0.207 e. The Labute approximate surface area is 137 Å². The molecule has 3 nitrogen and oxygen atoms in total. The van der Waals surface area contributed by atoms with Crippen LogP contribution in [0.2, 0.25) is 5.02 Å². The van der Waals surface area contributed by atoms with Crippen LogP contribution in [0.1, 0.15) is 36.5 Å². The molecule has 0 aliphatic heterocycles. The van der Waals surface area contributed by atoms with Crippen LogP contribution in [0, 0.1) is 6.92 Å². The molecule has 2 aromatic rings. The van der Waals surface area contributed by atoms with Crippen LogP contribution in [0.25, 0.3) is 0 Å². The third-order valence-corrected chi connectivity index (χ3v) is 5.27. The van der Waals surface area contributed by atoms with Gasteiger partial charge in [-0.2, -0.15) is 0 Å². The maximum absolute atomic E-state index is 12.3. The Morgan fingerprint density at radius 3 is 2.32 bits per heavy atom. The smallest absolute Gasteiger partial charge is 0.207 e. The van der Waals surface area contributed by atoms with Gasteiger partial charge in [-0.25, -0.2) is 13.1 Å². The lowest BCUT2D eigenvalue weighted by Gasteiger charge is -2.11. The molecule has 0 heterocycles. The zero-order valence-electron chi connectivity index (χ0n) is 12.9. The highest BCUT2D eigenvalue weighted by atomic mass is 35.5. The molecule has 0 atom stereocenters. The minimum atomic E-state index is -3.52. The summed E-state index contributed by atoms with van der Waals surface area (Å²) in [6, 6.07) is 12.4. The maximum Gasteiger partial charge on any atom is 0.240 e. The van der Waals surface area contributed by atoms with E-state index in [1.54, 1.807) is 24.3 Å². The van der Waals surface area contributed by atoms with Crippen LogP contribution in [0.15, 0.2) is 47.4 Å². The largest absolute Gasteiger partial charge is 0.240 e. The summed E-state index contributed by atoms with van der Waals surface area (Å²) in [6.07, 6.45) is 0. The van der Waals surface area contributed by atoms with Crippen molar-refractivity contribution in [3.8, 4) is 0 Å². The van der Waals surface area contributed by atoms with Crippen LogP contribution < -0.4 is 4.72 Å². The summed E-state index contributed by atoms with van der Waals surface area (Å²) in [6.45, 7) is 6.30. The highest BCUT2D eigenvalue weighted by molar-refractivity contribution is 7.89.